The molecule has 5 heteroatoms. The molecular weight excluding hydrogens is 344 g/mol. The Morgan fingerprint density at radius 3 is 2.59 bits per heavy atom. The molecule has 0 saturated heterocycles. The van der Waals surface area contributed by atoms with E-state index < -0.39 is 5.41 Å². The normalized spacial score (nSPS) is 11.0. The van der Waals surface area contributed by atoms with Crippen molar-refractivity contribution in [1.29, 1.82) is 0 Å². The molecule has 4 nitrogen and oxygen atoms in total. The van der Waals surface area contributed by atoms with E-state index in [1.165, 1.54) is 0 Å². The van der Waals surface area contributed by atoms with Crippen LogP contribution in [0.4, 0.5) is 5.82 Å². The minimum Gasteiger partial charge on any atom is -0.460 e. The van der Waals surface area contributed by atoms with Gasteiger partial charge in [-0.2, -0.15) is 0 Å². The number of hydrogen-bond acceptors (Lipinski definition) is 4. The highest BCUT2D eigenvalue weighted by molar-refractivity contribution is 9.10. The third-order valence-electron chi connectivity index (χ3n) is 3.20. The molecule has 0 amide bonds. The van der Waals surface area contributed by atoms with Crippen molar-refractivity contribution in [3.8, 4) is 0 Å². The Kier molecular flexibility index (Phi) is 5.55. The molecule has 1 heterocycles. The summed E-state index contributed by atoms with van der Waals surface area (Å²) in [7, 11) is 0. The minimum atomic E-state index is -0.635. The number of pyridine rings is 1. The maximum absolute atomic E-state index is 12.2. The zero-order valence-corrected chi connectivity index (χ0v) is 14.3. The summed E-state index contributed by atoms with van der Waals surface area (Å²) in [5, 5.41) is 3.16. The van der Waals surface area contributed by atoms with E-state index in [0.717, 1.165) is 15.9 Å². The van der Waals surface area contributed by atoms with E-state index in [4.69, 9.17) is 4.74 Å². The second kappa shape index (κ2) is 7.40. The number of aromatic nitrogens is 1. The van der Waals surface area contributed by atoms with Crippen LogP contribution < -0.4 is 5.32 Å². The Morgan fingerprint density at radius 1 is 1.23 bits per heavy atom. The first kappa shape index (κ1) is 16.5. The van der Waals surface area contributed by atoms with Crippen LogP contribution in [-0.2, 0) is 16.1 Å². The highest BCUT2D eigenvalue weighted by Crippen LogP contribution is 2.20. The Balaban J connectivity index is 1.86. The third kappa shape index (κ3) is 4.84. The summed E-state index contributed by atoms with van der Waals surface area (Å²) in [6, 6.07) is 13.4. The van der Waals surface area contributed by atoms with Crippen LogP contribution >= 0.6 is 15.9 Å². The molecule has 2 rings (SSSR count). The molecule has 22 heavy (non-hydrogen) atoms. The van der Waals surface area contributed by atoms with Crippen molar-refractivity contribution in [1.82, 2.24) is 4.98 Å². The Labute approximate surface area is 139 Å². The van der Waals surface area contributed by atoms with Crippen molar-refractivity contribution in [2.45, 2.75) is 20.5 Å². The molecular formula is C17H19BrN2O2. The van der Waals surface area contributed by atoms with Gasteiger partial charge in [-0.25, -0.2) is 4.98 Å². The van der Waals surface area contributed by atoms with Gasteiger partial charge in [-0.05, 0) is 47.5 Å². The average Bonchev–Trinajstić information content (AvgIpc) is 2.53. The number of benzene rings is 1. The van der Waals surface area contributed by atoms with Crippen LogP contribution in [0.3, 0.4) is 0 Å². The second-order valence-corrected chi connectivity index (χ2v) is 6.58. The highest BCUT2D eigenvalue weighted by Gasteiger charge is 2.29. The SMILES string of the molecule is CC(C)(CNc1ccc(Br)cn1)C(=O)OCc1ccccc1. The largest absolute Gasteiger partial charge is 0.460 e. The summed E-state index contributed by atoms with van der Waals surface area (Å²) in [4.78, 5) is 16.4. The molecule has 0 aliphatic rings. The summed E-state index contributed by atoms with van der Waals surface area (Å²) in [5.74, 6) is 0.494. The van der Waals surface area contributed by atoms with Crippen LogP contribution in [0.1, 0.15) is 19.4 Å². The molecule has 1 N–H and O–H groups in total. The molecule has 0 unspecified atom stereocenters. The van der Waals surface area contributed by atoms with Crippen molar-refractivity contribution in [2.75, 3.05) is 11.9 Å². The molecule has 0 aliphatic heterocycles. The van der Waals surface area contributed by atoms with E-state index in [9.17, 15) is 4.79 Å². The van der Waals surface area contributed by atoms with Gasteiger partial charge >= 0.3 is 5.97 Å². The maximum atomic E-state index is 12.2. The van der Waals surface area contributed by atoms with E-state index in [-0.39, 0.29) is 5.97 Å². The summed E-state index contributed by atoms with van der Waals surface area (Å²) in [6.07, 6.45) is 1.71. The lowest BCUT2D eigenvalue weighted by Crippen LogP contribution is -2.33. The average molecular weight is 363 g/mol. The number of nitrogens with one attached hydrogen (secondary N) is 1. The molecule has 0 fully saturated rings. The van der Waals surface area contributed by atoms with Gasteiger partial charge in [-0.3, -0.25) is 4.79 Å². The van der Waals surface area contributed by atoms with Gasteiger partial charge in [0.25, 0.3) is 0 Å². The van der Waals surface area contributed by atoms with E-state index in [1.54, 1.807) is 6.20 Å². The van der Waals surface area contributed by atoms with Crippen LogP contribution in [0.15, 0.2) is 53.1 Å². The highest BCUT2D eigenvalue weighted by atomic mass is 79.9. The van der Waals surface area contributed by atoms with Crippen molar-refractivity contribution < 1.29 is 9.53 Å². The van der Waals surface area contributed by atoms with Gasteiger partial charge in [0.05, 0.1) is 5.41 Å². The van der Waals surface area contributed by atoms with E-state index in [0.29, 0.717) is 13.2 Å². The standard InChI is InChI=1S/C17H19BrN2O2/c1-17(2,12-20-15-9-8-14(18)10-19-15)16(21)22-11-13-6-4-3-5-7-13/h3-10H,11-12H2,1-2H3,(H,19,20). The summed E-state index contributed by atoms with van der Waals surface area (Å²) >= 11 is 3.34. The summed E-state index contributed by atoms with van der Waals surface area (Å²) in [5.41, 5.74) is 0.345. The van der Waals surface area contributed by atoms with Crippen LogP contribution in [0.5, 0.6) is 0 Å². The maximum Gasteiger partial charge on any atom is 0.313 e. The van der Waals surface area contributed by atoms with E-state index >= 15 is 0 Å². The second-order valence-electron chi connectivity index (χ2n) is 5.66. The number of carbonyl (C=O) groups is 1. The first-order valence-electron chi connectivity index (χ1n) is 7.04. The third-order valence-corrected chi connectivity index (χ3v) is 3.67. The van der Waals surface area contributed by atoms with Gasteiger partial charge in [-0.1, -0.05) is 30.3 Å². The van der Waals surface area contributed by atoms with Crippen molar-refractivity contribution in [2.24, 2.45) is 5.41 Å². The quantitative estimate of drug-likeness (QED) is 0.788. The monoisotopic (exact) mass is 362 g/mol. The van der Waals surface area contributed by atoms with E-state index in [2.05, 4.69) is 26.2 Å². The molecule has 0 aliphatic carbocycles. The predicted molar refractivity (Wildman–Crippen MR) is 90.4 cm³/mol. The van der Waals surface area contributed by atoms with Gasteiger partial charge in [0.1, 0.15) is 12.4 Å². The molecule has 1 aromatic heterocycles. The first-order chi connectivity index (χ1) is 10.5. The number of nitrogens with zero attached hydrogens (tertiary/aromatic N) is 1. The number of hydrogen-bond donors (Lipinski definition) is 1. The molecule has 0 saturated carbocycles. The molecule has 1 aromatic carbocycles. The number of halogens is 1. The minimum absolute atomic E-state index is 0.235. The van der Waals surface area contributed by atoms with Crippen LogP contribution in [0, 0.1) is 5.41 Å². The zero-order valence-electron chi connectivity index (χ0n) is 12.7. The van der Waals surface area contributed by atoms with E-state index in [1.807, 2.05) is 56.3 Å². The number of esters is 1. The van der Waals surface area contributed by atoms with Gasteiger partial charge in [0.2, 0.25) is 0 Å². The zero-order chi connectivity index (χ0) is 16.0. The predicted octanol–water partition coefficient (Wildman–Crippen LogP) is 4.03. The molecule has 0 atom stereocenters. The summed E-state index contributed by atoms with van der Waals surface area (Å²) < 4.78 is 6.31. The van der Waals surface area contributed by atoms with Gasteiger partial charge in [-0.15, -0.1) is 0 Å². The van der Waals surface area contributed by atoms with Crippen LogP contribution in [0.25, 0.3) is 0 Å². The van der Waals surface area contributed by atoms with Crippen LogP contribution in [-0.4, -0.2) is 17.5 Å². The lowest BCUT2D eigenvalue weighted by molar-refractivity contribution is -0.154. The molecule has 0 spiro atoms. The molecule has 0 bridgehead atoms. The molecule has 0 radical (unpaired) electrons. The topological polar surface area (TPSA) is 51.2 Å². The lowest BCUT2D eigenvalue weighted by Gasteiger charge is -2.23. The fourth-order valence-electron chi connectivity index (χ4n) is 1.78. The molecule has 116 valence electrons. The van der Waals surface area contributed by atoms with Crippen molar-refractivity contribution >= 4 is 27.7 Å². The summed E-state index contributed by atoms with van der Waals surface area (Å²) in [6.45, 7) is 4.45. The number of anilines is 1. The lowest BCUT2D eigenvalue weighted by atomic mass is 9.94. The fraction of sp³-hybridized carbons (Fsp3) is 0.294. The number of ether oxygens (including phenoxy) is 1. The van der Waals surface area contributed by atoms with Gasteiger partial charge in [0, 0.05) is 17.2 Å². The Hall–Kier alpha value is -1.88. The smallest absolute Gasteiger partial charge is 0.313 e. The fourth-order valence-corrected chi connectivity index (χ4v) is 2.02. The van der Waals surface area contributed by atoms with Gasteiger partial charge < -0.3 is 10.1 Å². The van der Waals surface area contributed by atoms with Crippen molar-refractivity contribution in [3.05, 3.63) is 58.7 Å². The Morgan fingerprint density at radius 2 is 1.95 bits per heavy atom. The van der Waals surface area contributed by atoms with Gasteiger partial charge in [0.15, 0.2) is 0 Å². The van der Waals surface area contributed by atoms with Crippen LogP contribution in [0.2, 0.25) is 0 Å². The van der Waals surface area contributed by atoms with Crippen molar-refractivity contribution in [3.63, 3.8) is 0 Å². The Bertz CT molecular complexity index is 612. The first-order valence-corrected chi connectivity index (χ1v) is 7.83. The molecule has 2 aromatic rings. The number of rotatable bonds is 6. The number of carbonyl (C=O) groups excluding carboxylic acids is 1.